The Morgan fingerprint density at radius 1 is 1.47 bits per heavy atom. The predicted octanol–water partition coefficient (Wildman–Crippen LogP) is 3.83. The van der Waals surface area contributed by atoms with Gasteiger partial charge >= 0.3 is 0 Å². The molecule has 0 aromatic heterocycles. The lowest BCUT2D eigenvalue weighted by atomic mass is 9.83. The molecule has 1 fully saturated rings. The number of hydrogen-bond acceptors (Lipinski definition) is 1. The molecule has 0 amide bonds. The van der Waals surface area contributed by atoms with Crippen LogP contribution in [0.1, 0.15) is 25.3 Å². The van der Waals surface area contributed by atoms with Gasteiger partial charge in [0, 0.05) is 23.0 Å². The largest absolute Gasteiger partial charge is 0.313 e. The van der Waals surface area contributed by atoms with Crippen LogP contribution in [0, 0.1) is 5.41 Å². The van der Waals surface area contributed by atoms with Gasteiger partial charge in [0.05, 0.1) is 0 Å². The van der Waals surface area contributed by atoms with Crippen LogP contribution in [0.25, 0.3) is 0 Å². The molecule has 0 aliphatic heterocycles. The van der Waals surface area contributed by atoms with Gasteiger partial charge in [0.15, 0.2) is 0 Å². The average molecular weight is 250 g/mol. The van der Waals surface area contributed by atoms with Crippen molar-refractivity contribution in [2.75, 3.05) is 6.54 Å². The van der Waals surface area contributed by atoms with E-state index in [1.165, 1.54) is 18.4 Å². The third kappa shape index (κ3) is 3.58. The lowest BCUT2D eigenvalue weighted by Crippen LogP contribution is -2.33. The van der Waals surface area contributed by atoms with Crippen LogP contribution in [-0.4, -0.2) is 12.6 Å². The molecule has 0 spiro atoms. The van der Waals surface area contributed by atoms with Gasteiger partial charge in [-0.1, -0.05) is 42.8 Å². The van der Waals surface area contributed by atoms with Crippen molar-refractivity contribution in [2.45, 2.75) is 32.2 Å². The maximum atomic E-state index is 6.21. The lowest BCUT2D eigenvalue weighted by Gasteiger charge is -2.27. The Kier molecular flexibility index (Phi) is 3.90. The second kappa shape index (κ2) is 5.24. The first-order valence-electron chi connectivity index (χ1n) is 6.23. The average Bonchev–Trinajstić information content (AvgIpc) is 3.14. The minimum atomic E-state index is 0.0770. The Morgan fingerprint density at radius 3 is 2.76 bits per heavy atom. The van der Waals surface area contributed by atoms with Crippen LogP contribution >= 0.6 is 11.6 Å². The number of hydrogen-bond donors (Lipinski definition) is 1. The molecule has 1 N–H and O–H groups in total. The molecule has 0 heterocycles. The van der Waals surface area contributed by atoms with Crippen LogP contribution in [-0.2, 0) is 6.42 Å². The van der Waals surface area contributed by atoms with E-state index in [0.717, 1.165) is 24.0 Å². The molecule has 1 aromatic carbocycles. The van der Waals surface area contributed by atoms with E-state index in [-0.39, 0.29) is 5.41 Å². The van der Waals surface area contributed by atoms with Gasteiger partial charge < -0.3 is 5.32 Å². The summed E-state index contributed by atoms with van der Waals surface area (Å²) < 4.78 is 0. The molecule has 1 saturated carbocycles. The van der Waals surface area contributed by atoms with Gasteiger partial charge in [0.25, 0.3) is 0 Å². The molecule has 17 heavy (non-hydrogen) atoms. The highest BCUT2D eigenvalue weighted by Crippen LogP contribution is 2.29. The van der Waals surface area contributed by atoms with Crippen LogP contribution in [0.5, 0.6) is 0 Å². The summed E-state index contributed by atoms with van der Waals surface area (Å²) in [7, 11) is 0. The normalized spacial score (nSPS) is 18.7. The number of nitrogens with one attached hydrogen (secondary N) is 1. The minimum Gasteiger partial charge on any atom is -0.313 e. The molecule has 1 atom stereocenters. The zero-order valence-electron chi connectivity index (χ0n) is 10.4. The molecule has 1 unspecified atom stereocenters. The summed E-state index contributed by atoms with van der Waals surface area (Å²) in [6.07, 6.45) is 5.63. The van der Waals surface area contributed by atoms with Gasteiger partial charge in [-0.2, -0.15) is 0 Å². The van der Waals surface area contributed by atoms with E-state index in [9.17, 15) is 0 Å². The van der Waals surface area contributed by atoms with Crippen molar-refractivity contribution < 1.29 is 0 Å². The highest BCUT2D eigenvalue weighted by atomic mass is 35.5. The van der Waals surface area contributed by atoms with Crippen molar-refractivity contribution >= 4 is 11.6 Å². The van der Waals surface area contributed by atoms with Crippen molar-refractivity contribution in [3.63, 3.8) is 0 Å². The fraction of sp³-hybridized carbons (Fsp3) is 0.467. The van der Waals surface area contributed by atoms with Crippen LogP contribution in [0.3, 0.4) is 0 Å². The molecule has 0 radical (unpaired) electrons. The van der Waals surface area contributed by atoms with Crippen molar-refractivity contribution in [1.29, 1.82) is 0 Å². The van der Waals surface area contributed by atoms with Crippen LogP contribution in [0.15, 0.2) is 36.9 Å². The molecule has 1 aliphatic carbocycles. The highest BCUT2D eigenvalue weighted by molar-refractivity contribution is 6.31. The fourth-order valence-electron chi connectivity index (χ4n) is 1.95. The Balaban J connectivity index is 2.01. The number of rotatable bonds is 6. The fourth-order valence-corrected chi connectivity index (χ4v) is 2.15. The SMILES string of the molecule is C=CC(C)(CNC1CC1)Cc1ccccc1Cl. The first-order valence-corrected chi connectivity index (χ1v) is 6.61. The van der Waals surface area contributed by atoms with Crippen molar-refractivity contribution in [3.05, 3.63) is 47.5 Å². The van der Waals surface area contributed by atoms with E-state index in [0.29, 0.717) is 0 Å². The summed E-state index contributed by atoms with van der Waals surface area (Å²) in [5.41, 5.74) is 1.28. The number of halogens is 1. The standard InChI is InChI=1S/C15H20ClN/c1-3-15(2,11-17-13-8-9-13)10-12-6-4-5-7-14(12)16/h3-7,13,17H,1,8-11H2,2H3. The van der Waals surface area contributed by atoms with Crippen LogP contribution < -0.4 is 5.32 Å². The van der Waals surface area contributed by atoms with Crippen molar-refractivity contribution in [2.24, 2.45) is 5.41 Å². The van der Waals surface area contributed by atoms with Crippen LogP contribution in [0.4, 0.5) is 0 Å². The zero-order chi connectivity index (χ0) is 12.3. The molecule has 92 valence electrons. The van der Waals surface area contributed by atoms with Crippen molar-refractivity contribution in [1.82, 2.24) is 5.32 Å². The Labute approximate surface area is 109 Å². The maximum absolute atomic E-state index is 6.21. The van der Waals surface area contributed by atoms with Crippen LogP contribution in [0.2, 0.25) is 5.02 Å². The third-order valence-corrected chi connectivity index (χ3v) is 3.79. The quantitative estimate of drug-likeness (QED) is 0.756. The molecule has 2 rings (SSSR count). The lowest BCUT2D eigenvalue weighted by molar-refractivity contribution is 0.389. The molecule has 0 bridgehead atoms. The van der Waals surface area contributed by atoms with Gasteiger partial charge in [-0.3, -0.25) is 0 Å². The Morgan fingerprint density at radius 2 is 2.18 bits per heavy atom. The molecule has 1 aliphatic rings. The molecule has 1 aromatic rings. The first kappa shape index (κ1) is 12.7. The zero-order valence-corrected chi connectivity index (χ0v) is 11.1. The van der Waals surface area contributed by atoms with E-state index in [2.05, 4.69) is 24.9 Å². The van der Waals surface area contributed by atoms with E-state index >= 15 is 0 Å². The summed E-state index contributed by atoms with van der Waals surface area (Å²) in [4.78, 5) is 0. The first-order chi connectivity index (χ1) is 8.13. The highest BCUT2D eigenvalue weighted by Gasteiger charge is 2.27. The topological polar surface area (TPSA) is 12.0 Å². The molecule has 0 saturated heterocycles. The molecule has 2 heteroatoms. The summed E-state index contributed by atoms with van der Waals surface area (Å²) in [5, 5.41) is 4.43. The van der Waals surface area contributed by atoms with Gasteiger partial charge in [-0.25, -0.2) is 0 Å². The maximum Gasteiger partial charge on any atom is 0.0438 e. The van der Waals surface area contributed by atoms with E-state index in [1.807, 2.05) is 24.3 Å². The third-order valence-electron chi connectivity index (χ3n) is 3.42. The summed E-state index contributed by atoms with van der Waals surface area (Å²) in [6.45, 7) is 7.19. The van der Waals surface area contributed by atoms with Gasteiger partial charge in [-0.05, 0) is 30.9 Å². The summed E-state index contributed by atoms with van der Waals surface area (Å²) >= 11 is 6.21. The molecular weight excluding hydrogens is 230 g/mol. The smallest absolute Gasteiger partial charge is 0.0438 e. The number of benzene rings is 1. The monoisotopic (exact) mass is 249 g/mol. The Bertz CT molecular complexity index is 398. The summed E-state index contributed by atoms with van der Waals surface area (Å²) in [5.74, 6) is 0. The molecular formula is C15H20ClN. The van der Waals surface area contributed by atoms with E-state index < -0.39 is 0 Å². The predicted molar refractivity (Wildman–Crippen MR) is 74.5 cm³/mol. The minimum absolute atomic E-state index is 0.0770. The molecule has 1 nitrogen and oxygen atoms in total. The Hall–Kier alpha value is -0.790. The van der Waals surface area contributed by atoms with Gasteiger partial charge in [0.1, 0.15) is 0 Å². The van der Waals surface area contributed by atoms with Crippen molar-refractivity contribution in [3.8, 4) is 0 Å². The van der Waals surface area contributed by atoms with E-state index in [1.54, 1.807) is 0 Å². The van der Waals surface area contributed by atoms with Gasteiger partial charge in [-0.15, -0.1) is 6.58 Å². The second-order valence-corrected chi connectivity index (χ2v) is 5.69. The van der Waals surface area contributed by atoms with E-state index in [4.69, 9.17) is 11.6 Å². The summed E-state index contributed by atoms with van der Waals surface area (Å²) in [6, 6.07) is 8.80. The second-order valence-electron chi connectivity index (χ2n) is 5.28. The van der Waals surface area contributed by atoms with Gasteiger partial charge in [0.2, 0.25) is 0 Å².